The van der Waals surface area contributed by atoms with Crippen LogP contribution in [0.15, 0.2) is 130 Å². The molecule has 12 rings (SSSR count). The summed E-state index contributed by atoms with van der Waals surface area (Å²) in [5, 5.41) is 9.32. The maximum absolute atomic E-state index is 6.91. The highest BCUT2D eigenvalue weighted by Gasteiger charge is 2.25. The Labute approximate surface area is 325 Å². The van der Waals surface area contributed by atoms with Crippen LogP contribution in [0.2, 0.25) is 0 Å². The molecule has 0 N–H and O–H groups in total. The molecule has 0 atom stereocenters. The second-order valence-corrected chi connectivity index (χ2v) is 16.5. The summed E-state index contributed by atoms with van der Waals surface area (Å²) in [4.78, 5) is 10.4. The second-order valence-electron chi connectivity index (χ2n) is 16.5. The molecule has 0 bridgehead atoms. The molecule has 0 unspecified atom stereocenters. The minimum atomic E-state index is 0.615. The third-order valence-electron chi connectivity index (χ3n) is 13.3. The number of fused-ring (bicyclic) bond motifs is 12. The topological polar surface area (TPSA) is 52.1 Å². The molecule has 0 aliphatic heterocycles. The minimum Gasteiger partial charge on any atom is -0.455 e. The van der Waals surface area contributed by atoms with Crippen LogP contribution in [0.4, 0.5) is 0 Å². The number of hydrogen-bond donors (Lipinski definition) is 0. The Morgan fingerprint density at radius 2 is 0.964 bits per heavy atom. The Hall–Kier alpha value is -6.00. The summed E-state index contributed by atoms with van der Waals surface area (Å²) in [6, 6.07) is 42.0. The Balaban J connectivity index is 1.08. The third-order valence-corrected chi connectivity index (χ3v) is 13.3. The molecule has 3 heterocycles. The quantitative estimate of drug-likeness (QED) is 0.169. The predicted molar refractivity (Wildman–Crippen MR) is 232 cm³/mol. The van der Waals surface area contributed by atoms with Crippen molar-refractivity contribution in [2.45, 2.75) is 76.0 Å². The lowest BCUT2D eigenvalue weighted by Crippen LogP contribution is -2.04. The van der Waals surface area contributed by atoms with Gasteiger partial charge in [0.15, 0.2) is 0 Å². The van der Waals surface area contributed by atoms with Crippen molar-refractivity contribution in [2.75, 3.05) is 0 Å². The van der Waals surface area contributed by atoms with Gasteiger partial charge in [0.1, 0.15) is 22.3 Å². The van der Waals surface area contributed by atoms with Crippen LogP contribution in [-0.4, -0.2) is 9.97 Å². The molecule has 2 aliphatic rings. The van der Waals surface area contributed by atoms with Gasteiger partial charge in [0.2, 0.25) is 0 Å². The summed E-state index contributed by atoms with van der Waals surface area (Å²) >= 11 is 0. The predicted octanol–water partition coefficient (Wildman–Crippen LogP) is 15.2. The molecular formula is C52H42N2O2. The standard InChI is InChI=1S/C52H42N2O2/c1-3-12-31(13-4-1)33-22-24-46-41(27-33)43-29-44-42-28-34(32-14-5-2-6-15-32)23-25-47(42)56-52(44)48(51(43)55-46)36-17-11-16-35(26-36)45-30-53-49-39-20-9-7-18-37(39)38-19-8-10-21-40(38)50(49)54-45/h7-11,16-32H,1-6,12-15H2. The first-order valence-electron chi connectivity index (χ1n) is 20.8. The van der Waals surface area contributed by atoms with E-state index < -0.39 is 0 Å². The van der Waals surface area contributed by atoms with Gasteiger partial charge in [-0.1, -0.05) is 117 Å². The van der Waals surface area contributed by atoms with Crippen molar-refractivity contribution >= 4 is 76.5 Å². The first kappa shape index (κ1) is 32.3. The second kappa shape index (κ2) is 12.8. The van der Waals surface area contributed by atoms with Crippen molar-refractivity contribution in [3.05, 3.63) is 133 Å². The highest BCUT2D eigenvalue weighted by atomic mass is 16.3. The molecule has 10 aromatic rings. The van der Waals surface area contributed by atoms with E-state index >= 15 is 0 Å². The van der Waals surface area contributed by atoms with Gasteiger partial charge < -0.3 is 8.83 Å². The molecule has 0 amide bonds. The first-order valence-corrected chi connectivity index (χ1v) is 20.8. The van der Waals surface area contributed by atoms with E-state index in [-0.39, 0.29) is 0 Å². The Morgan fingerprint density at radius 3 is 1.55 bits per heavy atom. The van der Waals surface area contributed by atoms with E-state index in [0.717, 1.165) is 77.3 Å². The van der Waals surface area contributed by atoms with Gasteiger partial charge in [-0.2, -0.15) is 0 Å². The summed E-state index contributed by atoms with van der Waals surface area (Å²) in [7, 11) is 0. The number of benzene rings is 7. The highest BCUT2D eigenvalue weighted by molar-refractivity contribution is 6.24. The SMILES string of the molecule is c1cc(-c2cnc3c4ccccc4c4ccccc4c3n2)cc(-c2c3oc4ccc(C5CCCCC5)cc4c3cc3c2oc2ccc(C4CCCCC4)cc23)c1. The lowest BCUT2D eigenvalue weighted by molar-refractivity contribution is 0.444. The van der Waals surface area contributed by atoms with Crippen LogP contribution < -0.4 is 0 Å². The monoisotopic (exact) mass is 726 g/mol. The normalized spacial score (nSPS) is 16.1. The molecule has 2 fully saturated rings. The first-order chi connectivity index (χ1) is 27.7. The van der Waals surface area contributed by atoms with Gasteiger partial charge in [-0.3, -0.25) is 4.98 Å². The zero-order chi connectivity index (χ0) is 36.7. The lowest BCUT2D eigenvalue weighted by Gasteiger charge is -2.21. The van der Waals surface area contributed by atoms with Crippen molar-refractivity contribution < 1.29 is 8.83 Å². The summed E-state index contributed by atoms with van der Waals surface area (Å²) < 4.78 is 13.8. The maximum Gasteiger partial charge on any atom is 0.147 e. The van der Waals surface area contributed by atoms with Crippen LogP contribution in [-0.2, 0) is 0 Å². The maximum atomic E-state index is 6.91. The fraction of sp³-hybridized carbons (Fsp3) is 0.231. The van der Waals surface area contributed by atoms with Gasteiger partial charge >= 0.3 is 0 Å². The minimum absolute atomic E-state index is 0.615. The molecule has 4 nitrogen and oxygen atoms in total. The lowest BCUT2D eigenvalue weighted by atomic mass is 9.83. The Bertz CT molecular complexity index is 3030. The van der Waals surface area contributed by atoms with E-state index in [1.165, 1.54) is 96.9 Å². The van der Waals surface area contributed by atoms with Crippen molar-refractivity contribution in [1.82, 2.24) is 9.97 Å². The molecule has 2 aliphatic carbocycles. The van der Waals surface area contributed by atoms with E-state index in [2.05, 4.69) is 115 Å². The van der Waals surface area contributed by atoms with E-state index in [1.54, 1.807) is 0 Å². The molecule has 7 aromatic carbocycles. The molecule has 4 heteroatoms. The number of nitrogens with zero attached hydrogens (tertiary/aromatic N) is 2. The molecule has 0 saturated heterocycles. The van der Waals surface area contributed by atoms with Crippen molar-refractivity contribution in [1.29, 1.82) is 0 Å². The number of rotatable bonds is 4. The van der Waals surface area contributed by atoms with Gasteiger partial charge in [-0.15, -0.1) is 0 Å². The molecule has 0 spiro atoms. The fourth-order valence-electron chi connectivity index (χ4n) is 10.4. The number of hydrogen-bond acceptors (Lipinski definition) is 4. The van der Waals surface area contributed by atoms with Gasteiger partial charge in [-0.05, 0) is 101 Å². The van der Waals surface area contributed by atoms with Crippen LogP contribution in [0.25, 0.3) is 98.8 Å². The zero-order valence-corrected chi connectivity index (χ0v) is 31.5. The van der Waals surface area contributed by atoms with E-state index in [0.29, 0.717) is 11.8 Å². The van der Waals surface area contributed by atoms with Crippen LogP contribution in [0.3, 0.4) is 0 Å². The Kier molecular flexibility index (Phi) is 7.36. The molecule has 2 saturated carbocycles. The summed E-state index contributed by atoms with van der Waals surface area (Å²) in [6.45, 7) is 0. The molecular weight excluding hydrogens is 685 g/mol. The van der Waals surface area contributed by atoms with Crippen molar-refractivity contribution in [3.63, 3.8) is 0 Å². The summed E-state index contributed by atoms with van der Waals surface area (Å²) in [6.07, 6.45) is 15.0. The summed E-state index contributed by atoms with van der Waals surface area (Å²) in [5.74, 6) is 1.23. The van der Waals surface area contributed by atoms with Gasteiger partial charge in [0.05, 0.1) is 28.5 Å². The van der Waals surface area contributed by atoms with E-state index in [4.69, 9.17) is 18.8 Å². The van der Waals surface area contributed by atoms with Crippen LogP contribution in [0.1, 0.15) is 87.2 Å². The summed E-state index contributed by atoms with van der Waals surface area (Å²) in [5.41, 5.74) is 12.2. The van der Waals surface area contributed by atoms with Gasteiger partial charge in [-0.25, -0.2) is 4.98 Å². The fourth-order valence-corrected chi connectivity index (χ4v) is 10.4. The van der Waals surface area contributed by atoms with E-state index in [1.807, 2.05) is 6.20 Å². The smallest absolute Gasteiger partial charge is 0.147 e. The Morgan fingerprint density at radius 1 is 0.429 bits per heavy atom. The van der Waals surface area contributed by atoms with E-state index in [9.17, 15) is 0 Å². The largest absolute Gasteiger partial charge is 0.455 e. The van der Waals surface area contributed by atoms with Crippen LogP contribution in [0, 0.1) is 0 Å². The van der Waals surface area contributed by atoms with Crippen molar-refractivity contribution in [2.24, 2.45) is 0 Å². The molecule has 3 aromatic heterocycles. The van der Waals surface area contributed by atoms with Crippen LogP contribution >= 0.6 is 0 Å². The highest BCUT2D eigenvalue weighted by Crippen LogP contribution is 2.47. The van der Waals surface area contributed by atoms with Gasteiger partial charge in [0.25, 0.3) is 0 Å². The number of furan rings is 2. The molecule has 272 valence electrons. The molecule has 0 radical (unpaired) electrons. The molecule has 56 heavy (non-hydrogen) atoms. The average Bonchev–Trinajstić information content (AvgIpc) is 3.83. The van der Waals surface area contributed by atoms with Crippen LogP contribution in [0.5, 0.6) is 0 Å². The van der Waals surface area contributed by atoms with Crippen molar-refractivity contribution in [3.8, 4) is 22.4 Å². The number of aromatic nitrogens is 2. The zero-order valence-electron chi connectivity index (χ0n) is 31.5. The third kappa shape index (κ3) is 5.04. The van der Waals surface area contributed by atoms with Gasteiger partial charge in [0, 0.05) is 37.9 Å². The average molecular weight is 727 g/mol.